The van der Waals surface area contributed by atoms with Crippen LogP contribution in [0.2, 0.25) is 0 Å². The summed E-state index contributed by atoms with van der Waals surface area (Å²) in [7, 11) is 0. The summed E-state index contributed by atoms with van der Waals surface area (Å²) >= 11 is 0. The summed E-state index contributed by atoms with van der Waals surface area (Å²) in [5, 5.41) is 0. The molecule has 0 spiro atoms. The molecule has 2 rings (SSSR count). The molecule has 0 amide bonds. The fraction of sp³-hybridized carbons (Fsp3) is 0.900. The molecular formula is C10H16O3. The van der Waals surface area contributed by atoms with E-state index < -0.39 is 0 Å². The van der Waals surface area contributed by atoms with Gasteiger partial charge in [0.15, 0.2) is 5.78 Å². The summed E-state index contributed by atoms with van der Waals surface area (Å²) in [5.41, 5.74) is 0. The van der Waals surface area contributed by atoms with Gasteiger partial charge < -0.3 is 9.47 Å². The van der Waals surface area contributed by atoms with Gasteiger partial charge in [-0.15, -0.1) is 0 Å². The van der Waals surface area contributed by atoms with Crippen molar-refractivity contribution in [1.82, 2.24) is 0 Å². The van der Waals surface area contributed by atoms with E-state index in [9.17, 15) is 4.79 Å². The molecule has 0 unspecified atom stereocenters. The zero-order valence-electron chi connectivity index (χ0n) is 7.83. The quantitative estimate of drug-likeness (QED) is 0.657. The maximum atomic E-state index is 11.3. The molecule has 0 atom stereocenters. The first-order chi connectivity index (χ1) is 6.36. The van der Waals surface area contributed by atoms with Gasteiger partial charge >= 0.3 is 0 Å². The minimum absolute atomic E-state index is 0.261. The van der Waals surface area contributed by atoms with Crippen molar-refractivity contribution in [3.05, 3.63) is 0 Å². The molecule has 3 nitrogen and oxygen atoms in total. The monoisotopic (exact) mass is 184 g/mol. The van der Waals surface area contributed by atoms with E-state index in [1.54, 1.807) is 0 Å². The predicted molar refractivity (Wildman–Crippen MR) is 47.5 cm³/mol. The van der Waals surface area contributed by atoms with Crippen molar-refractivity contribution >= 4 is 5.78 Å². The fourth-order valence-electron chi connectivity index (χ4n) is 1.57. The minimum atomic E-state index is 0.261. The maximum Gasteiger partial charge on any atom is 0.161 e. The topological polar surface area (TPSA) is 35.5 Å². The van der Waals surface area contributed by atoms with Gasteiger partial charge in [0.1, 0.15) is 6.61 Å². The normalized spacial score (nSPS) is 24.6. The second-order valence-corrected chi connectivity index (χ2v) is 3.86. The van der Waals surface area contributed by atoms with Crippen molar-refractivity contribution in [3.8, 4) is 0 Å². The van der Waals surface area contributed by atoms with Crippen LogP contribution in [0.25, 0.3) is 0 Å². The van der Waals surface area contributed by atoms with Crippen LogP contribution < -0.4 is 0 Å². The zero-order valence-corrected chi connectivity index (χ0v) is 7.83. The number of carbonyl (C=O) groups is 1. The van der Waals surface area contributed by atoms with Gasteiger partial charge in [-0.3, -0.25) is 4.79 Å². The van der Waals surface area contributed by atoms with Crippen molar-refractivity contribution in [2.45, 2.75) is 31.8 Å². The van der Waals surface area contributed by atoms with E-state index in [-0.39, 0.29) is 6.10 Å². The molecular weight excluding hydrogens is 168 g/mol. The molecule has 13 heavy (non-hydrogen) atoms. The lowest BCUT2D eigenvalue weighted by atomic mass is 10.1. The lowest BCUT2D eigenvalue weighted by Crippen LogP contribution is -2.26. The Kier molecular flexibility index (Phi) is 2.96. The van der Waals surface area contributed by atoms with Gasteiger partial charge in [0, 0.05) is 19.1 Å². The van der Waals surface area contributed by atoms with Crippen LogP contribution in [0, 0.1) is 5.92 Å². The molecule has 0 aromatic heterocycles. The molecule has 1 aliphatic carbocycles. The third-order valence-corrected chi connectivity index (χ3v) is 2.66. The molecule has 1 aliphatic heterocycles. The van der Waals surface area contributed by atoms with Gasteiger partial charge in [-0.25, -0.2) is 0 Å². The van der Waals surface area contributed by atoms with Crippen LogP contribution in [-0.2, 0) is 14.3 Å². The number of Topliss-reactive ketones (excluding diaryl/α,β-unsaturated/α-hetero) is 1. The van der Waals surface area contributed by atoms with Gasteiger partial charge in [0.25, 0.3) is 0 Å². The number of ketones is 1. The van der Waals surface area contributed by atoms with Crippen molar-refractivity contribution in [3.63, 3.8) is 0 Å². The molecule has 2 aliphatic rings. The Morgan fingerprint density at radius 1 is 1.23 bits per heavy atom. The second kappa shape index (κ2) is 4.20. The summed E-state index contributed by atoms with van der Waals surface area (Å²) in [6.07, 6.45) is 4.30. The standard InChI is InChI=1S/C10H16O3/c11-10(8-1-2-8)7-13-9-3-5-12-6-4-9/h8-9H,1-7H2. The number of rotatable bonds is 4. The Bertz CT molecular complexity index is 181. The summed E-state index contributed by atoms with van der Waals surface area (Å²) in [6, 6.07) is 0. The van der Waals surface area contributed by atoms with E-state index in [0.717, 1.165) is 38.9 Å². The molecule has 0 N–H and O–H groups in total. The summed E-state index contributed by atoms with van der Waals surface area (Å²) in [5.74, 6) is 0.631. The van der Waals surface area contributed by atoms with E-state index >= 15 is 0 Å². The SMILES string of the molecule is O=C(COC1CCOCC1)C1CC1. The van der Waals surface area contributed by atoms with Gasteiger partial charge in [-0.05, 0) is 25.7 Å². The van der Waals surface area contributed by atoms with Crippen molar-refractivity contribution in [1.29, 1.82) is 0 Å². The van der Waals surface area contributed by atoms with E-state index in [4.69, 9.17) is 9.47 Å². The first-order valence-corrected chi connectivity index (χ1v) is 5.08. The van der Waals surface area contributed by atoms with Crippen LogP contribution in [0.1, 0.15) is 25.7 Å². The molecule has 0 radical (unpaired) electrons. The summed E-state index contributed by atoms with van der Waals surface area (Å²) in [4.78, 5) is 11.3. The van der Waals surface area contributed by atoms with Crippen LogP contribution in [0.4, 0.5) is 0 Å². The Balaban J connectivity index is 1.62. The maximum absolute atomic E-state index is 11.3. The average Bonchev–Trinajstić information content (AvgIpc) is 2.99. The highest BCUT2D eigenvalue weighted by Crippen LogP contribution is 2.30. The molecule has 1 saturated heterocycles. The predicted octanol–water partition coefficient (Wildman–Crippen LogP) is 1.16. The molecule has 0 aromatic carbocycles. The Labute approximate surface area is 78.4 Å². The summed E-state index contributed by atoms with van der Waals surface area (Å²) in [6.45, 7) is 1.89. The Morgan fingerprint density at radius 3 is 2.54 bits per heavy atom. The van der Waals surface area contributed by atoms with Gasteiger partial charge in [-0.2, -0.15) is 0 Å². The number of hydrogen-bond donors (Lipinski definition) is 0. The average molecular weight is 184 g/mol. The van der Waals surface area contributed by atoms with Crippen LogP contribution in [-0.4, -0.2) is 31.7 Å². The smallest absolute Gasteiger partial charge is 0.161 e. The Hall–Kier alpha value is -0.410. The first kappa shape index (κ1) is 9.16. The minimum Gasteiger partial charge on any atom is -0.381 e. The van der Waals surface area contributed by atoms with Gasteiger partial charge in [-0.1, -0.05) is 0 Å². The van der Waals surface area contributed by atoms with E-state index in [1.807, 2.05) is 0 Å². The third kappa shape index (κ3) is 2.78. The molecule has 0 aromatic rings. The van der Waals surface area contributed by atoms with E-state index in [0.29, 0.717) is 18.3 Å². The lowest BCUT2D eigenvalue weighted by molar-refractivity contribution is -0.128. The molecule has 1 saturated carbocycles. The van der Waals surface area contributed by atoms with Gasteiger partial charge in [0.2, 0.25) is 0 Å². The third-order valence-electron chi connectivity index (χ3n) is 2.66. The van der Waals surface area contributed by atoms with Crippen molar-refractivity contribution in [2.75, 3.05) is 19.8 Å². The number of ether oxygens (including phenoxy) is 2. The molecule has 2 fully saturated rings. The Morgan fingerprint density at radius 2 is 1.92 bits per heavy atom. The highest BCUT2D eigenvalue weighted by Gasteiger charge is 2.29. The van der Waals surface area contributed by atoms with Crippen molar-refractivity contribution < 1.29 is 14.3 Å². The molecule has 1 heterocycles. The molecule has 0 bridgehead atoms. The van der Waals surface area contributed by atoms with Crippen LogP contribution in [0.5, 0.6) is 0 Å². The van der Waals surface area contributed by atoms with Crippen LogP contribution in [0.15, 0.2) is 0 Å². The van der Waals surface area contributed by atoms with Crippen LogP contribution >= 0.6 is 0 Å². The zero-order chi connectivity index (χ0) is 9.10. The second-order valence-electron chi connectivity index (χ2n) is 3.86. The number of carbonyl (C=O) groups excluding carboxylic acids is 1. The van der Waals surface area contributed by atoms with E-state index in [1.165, 1.54) is 0 Å². The first-order valence-electron chi connectivity index (χ1n) is 5.08. The van der Waals surface area contributed by atoms with Crippen molar-refractivity contribution in [2.24, 2.45) is 5.92 Å². The number of hydrogen-bond acceptors (Lipinski definition) is 3. The fourth-order valence-corrected chi connectivity index (χ4v) is 1.57. The molecule has 3 heteroatoms. The van der Waals surface area contributed by atoms with Gasteiger partial charge in [0.05, 0.1) is 6.10 Å². The molecule has 74 valence electrons. The van der Waals surface area contributed by atoms with Crippen LogP contribution in [0.3, 0.4) is 0 Å². The van der Waals surface area contributed by atoms with E-state index in [2.05, 4.69) is 0 Å². The lowest BCUT2D eigenvalue weighted by Gasteiger charge is -2.21. The highest BCUT2D eigenvalue weighted by atomic mass is 16.5. The highest BCUT2D eigenvalue weighted by molar-refractivity contribution is 5.84. The summed E-state index contributed by atoms with van der Waals surface area (Å²) < 4.78 is 10.7. The largest absolute Gasteiger partial charge is 0.381 e.